The Morgan fingerprint density at radius 3 is 2.42 bits per heavy atom. The quantitative estimate of drug-likeness (QED) is 0.677. The van der Waals surface area contributed by atoms with Crippen LogP contribution in [0.1, 0.15) is 28.8 Å². The van der Waals surface area contributed by atoms with Gasteiger partial charge in [-0.1, -0.05) is 24.3 Å². The highest BCUT2D eigenvalue weighted by Crippen LogP contribution is 2.21. The molecular formula is C18H19N3O3. The van der Waals surface area contributed by atoms with Gasteiger partial charge in [0.05, 0.1) is 4.92 Å². The van der Waals surface area contributed by atoms with Crippen LogP contribution in [0.15, 0.2) is 48.5 Å². The molecule has 1 fully saturated rings. The molecule has 3 rings (SSSR count). The number of nitrogens with zero attached hydrogens (tertiary/aromatic N) is 2. The third-order valence-electron chi connectivity index (χ3n) is 4.21. The van der Waals surface area contributed by atoms with Crippen molar-refractivity contribution in [3.8, 4) is 0 Å². The van der Waals surface area contributed by atoms with E-state index in [4.69, 9.17) is 0 Å². The Morgan fingerprint density at radius 2 is 1.75 bits per heavy atom. The van der Waals surface area contributed by atoms with Gasteiger partial charge >= 0.3 is 0 Å². The van der Waals surface area contributed by atoms with Crippen molar-refractivity contribution in [2.75, 3.05) is 18.0 Å². The van der Waals surface area contributed by atoms with Crippen molar-refractivity contribution in [2.45, 2.75) is 19.4 Å². The largest absolute Gasteiger partial charge is 0.372 e. The third kappa shape index (κ3) is 3.53. The zero-order chi connectivity index (χ0) is 16.9. The fourth-order valence-electron chi connectivity index (χ4n) is 2.90. The van der Waals surface area contributed by atoms with Gasteiger partial charge in [-0.25, -0.2) is 0 Å². The Kier molecular flexibility index (Phi) is 4.74. The Bertz CT molecular complexity index is 737. The Balaban J connectivity index is 1.63. The van der Waals surface area contributed by atoms with E-state index in [2.05, 4.69) is 22.3 Å². The van der Waals surface area contributed by atoms with E-state index in [1.807, 2.05) is 12.1 Å². The van der Waals surface area contributed by atoms with E-state index in [1.165, 1.54) is 30.7 Å². The Morgan fingerprint density at radius 1 is 1.08 bits per heavy atom. The van der Waals surface area contributed by atoms with Crippen LogP contribution >= 0.6 is 0 Å². The second-order valence-corrected chi connectivity index (χ2v) is 5.82. The van der Waals surface area contributed by atoms with Crippen LogP contribution in [0.3, 0.4) is 0 Å². The molecule has 6 heteroatoms. The Labute approximate surface area is 140 Å². The minimum atomic E-state index is -0.542. The molecule has 2 aromatic rings. The fourth-order valence-corrected chi connectivity index (χ4v) is 2.90. The van der Waals surface area contributed by atoms with Crippen molar-refractivity contribution in [3.63, 3.8) is 0 Å². The number of hydrogen-bond donors (Lipinski definition) is 1. The molecule has 0 atom stereocenters. The van der Waals surface area contributed by atoms with Crippen molar-refractivity contribution in [1.29, 1.82) is 0 Å². The first-order valence-electron chi connectivity index (χ1n) is 8.00. The average molecular weight is 325 g/mol. The molecular weight excluding hydrogens is 306 g/mol. The minimum Gasteiger partial charge on any atom is -0.372 e. The first-order chi connectivity index (χ1) is 11.6. The van der Waals surface area contributed by atoms with Gasteiger partial charge < -0.3 is 10.2 Å². The summed E-state index contributed by atoms with van der Waals surface area (Å²) in [6, 6.07) is 14.0. The minimum absolute atomic E-state index is 0.0798. The number of nitro benzene ring substituents is 1. The fraction of sp³-hybridized carbons (Fsp3) is 0.278. The lowest BCUT2D eigenvalue weighted by atomic mass is 10.1. The summed E-state index contributed by atoms with van der Waals surface area (Å²) in [7, 11) is 0. The first-order valence-corrected chi connectivity index (χ1v) is 8.00. The lowest BCUT2D eigenvalue weighted by molar-refractivity contribution is -0.385. The van der Waals surface area contributed by atoms with Gasteiger partial charge in [0.2, 0.25) is 0 Å². The van der Waals surface area contributed by atoms with Crippen LogP contribution < -0.4 is 10.2 Å². The number of para-hydroxylation sites is 1. The van der Waals surface area contributed by atoms with E-state index in [1.54, 1.807) is 12.1 Å². The molecule has 0 aromatic heterocycles. The van der Waals surface area contributed by atoms with Crippen LogP contribution in [-0.2, 0) is 6.54 Å². The van der Waals surface area contributed by atoms with Gasteiger partial charge in [-0.05, 0) is 36.6 Å². The predicted octanol–water partition coefficient (Wildman–Crippen LogP) is 3.13. The maximum Gasteiger partial charge on any atom is 0.282 e. The van der Waals surface area contributed by atoms with Gasteiger partial charge in [-0.2, -0.15) is 0 Å². The summed E-state index contributed by atoms with van der Waals surface area (Å²) in [5.41, 5.74) is 2.06. The van der Waals surface area contributed by atoms with Crippen molar-refractivity contribution in [2.24, 2.45) is 0 Å². The van der Waals surface area contributed by atoms with Crippen LogP contribution in [0.25, 0.3) is 0 Å². The van der Waals surface area contributed by atoms with Gasteiger partial charge in [0.25, 0.3) is 11.6 Å². The van der Waals surface area contributed by atoms with Gasteiger partial charge in [0.15, 0.2) is 0 Å². The predicted molar refractivity (Wildman–Crippen MR) is 92.2 cm³/mol. The van der Waals surface area contributed by atoms with E-state index >= 15 is 0 Å². The van der Waals surface area contributed by atoms with Crippen LogP contribution in [0.5, 0.6) is 0 Å². The molecule has 1 saturated heterocycles. The number of hydrogen-bond acceptors (Lipinski definition) is 4. The van der Waals surface area contributed by atoms with Gasteiger partial charge in [-0.15, -0.1) is 0 Å². The molecule has 0 radical (unpaired) electrons. The summed E-state index contributed by atoms with van der Waals surface area (Å²) in [5, 5.41) is 13.7. The lowest BCUT2D eigenvalue weighted by Crippen LogP contribution is -2.23. The summed E-state index contributed by atoms with van der Waals surface area (Å²) < 4.78 is 0. The van der Waals surface area contributed by atoms with E-state index in [9.17, 15) is 14.9 Å². The number of nitrogens with one attached hydrogen (secondary N) is 1. The van der Waals surface area contributed by atoms with Gasteiger partial charge in [0, 0.05) is 31.4 Å². The third-order valence-corrected chi connectivity index (χ3v) is 4.21. The molecule has 0 spiro atoms. The first kappa shape index (κ1) is 16.0. The zero-order valence-electron chi connectivity index (χ0n) is 13.3. The van der Waals surface area contributed by atoms with Crippen LogP contribution in [0.2, 0.25) is 0 Å². The number of carbonyl (C=O) groups excluding carboxylic acids is 1. The van der Waals surface area contributed by atoms with Crippen LogP contribution in [0.4, 0.5) is 11.4 Å². The SMILES string of the molecule is O=C(NCc1ccc(N2CCCC2)cc1)c1ccccc1[N+](=O)[O-]. The average Bonchev–Trinajstić information content (AvgIpc) is 3.14. The van der Waals surface area contributed by atoms with E-state index in [0.29, 0.717) is 6.54 Å². The van der Waals surface area contributed by atoms with Gasteiger partial charge in [-0.3, -0.25) is 14.9 Å². The molecule has 1 aliphatic rings. The molecule has 124 valence electrons. The summed E-state index contributed by atoms with van der Waals surface area (Å²) in [6.07, 6.45) is 2.46. The number of amides is 1. The number of benzene rings is 2. The highest BCUT2D eigenvalue weighted by Gasteiger charge is 2.18. The summed E-state index contributed by atoms with van der Waals surface area (Å²) in [5.74, 6) is -0.439. The van der Waals surface area contributed by atoms with E-state index in [-0.39, 0.29) is 11.3 Å². The molecule has 1 amide bonds. The summed E-state index contributed by atoms with van der Waals surface area (Å²) in [6.45, 7) is 2.52. The molecule has 0 bridgehead atoms. The highest BCUT2D eigenvalue weighted by atomic mass is 16.6. The molecule has 1 heterocycles. The summed E-state index contributed by atoms with van der Waals surface area (Å²) in [4.78, 5) is 25.0. The maximum atomic E-state index is 12.2. The topological polar surface area (TPSA) is 75.5 Å². The Hall–Kier alpha value is -2.89. The molecule has 0 saturated carbocycles. The number of carbonyl (C=O) groups is 1. The van der Waals surface area contributed by atoms with Crippen molar-refractivity contribution >= 4 is 17.3 Å². The highest BCUT2D eigenvalue weighted by molar-refractivity contribution is 5.98. The molecule has 0 aliphatic carbocycles. The van der Waals surface area contributed by atoms with Crippen LogP contribution in [-0.4, -0.2) is 23.9 Å². The number of nitro groups is 1. The number of anilines is 1. The zero-order valence-corrected chi connectivity index (χ0v) is 13.3. The molecule has 24 heavy (non-hydrogen) atoms. The second-order valence-electron chi connectivity index (χ2n) is 5.82. The normalized spacial score (nSPS) is 13.8. The van der Waals surface area contributed by atoms with E-state index < -0.39 is 10.8 Å². The standard InChI is InChI=1S/C18H19N3O3/c22-18(16-5-1-2-6-17(16)21(23)24)19-13-14-7-9-15(10-8-14)20-11-3-4-12-20/h1-2,5-10H,3-4,11-13H2,(H,19,22). The van der Waals surface area contributed by atoms with Crippen LogP contribution in [0, 0.1) is 10.1 Å². The number of rotatable bonds is 5. The molecule has 2 aromatic carbocycles. The summed E-state index contributed by atoms with van der Waals surface area (Å²) >= 11 is 0. The maximum absolute atomic E-state index is 12.2. The lowest BCUT2D eigenvalue weighted by Gasteiger charge is -2.17. The smallest absolute Gasteiger partial charge is 0.282 e. The second kappa shape index (κ2) is 7.12. The molecule has 1 aliphatic heterocycles. The van der Waals surface area contributed by atoms with Gasteiger partial charge in [0.1, 0.15) is 5.56 Å². The van der Waals surface area contributed by atoms with Crippen molar-refractivity contribution in [3.05, 3.63) is 69.8 Å². The van der Waals surface area contributed by atoms with E-state index in [0.717, 1.165) is 18.7 Å². The molecule has 6 nitrogen and oxygen atoms in total. The molecule has 1 N–H and O–H groups in total. The molecule has 0 unspecified atom stereocenters. The van der Waals surface area contributed by atoms with Crippen molar-refractivity contribution < 1.29 is 9.72 Å². The monoisotopic (exact) mass is 325 g/mol. The van der Waals surface area contributed by atoms with Crippen molar-refractivity contribution in [1.82, 2.24) is 5.32 Å².